The highest BCUT2D eigenvalue weighted by Crippen LogP contribution is 2.14. The van der Waals surface area contributed by atoms with Crippen molar-refractivity contribution in [1.29, 1.82) is 0 Å². The van der Waals surface area contributed by atoms with Crippen LogP contribution in [0.1, 0.15) is 27.2 Å². The third kappa shape index (κ3) is 5.23. The molecule has 0 aliphatic carbocycles. The number of furan rings is 1. The molecule has 3 N–H and O–H groups in total. The maximum Gasteiger partial charge on any atom is 0.251 e. The van der Waals surface area contributed by atoms with E-state index in [1.54, 1.807) is 42.7 Å². The molecule has 0 aliphatic rings. The Kier molecular flexibility index (Phi) is 6.11. The molecule has 0 saturated carbocycles. The lowest BCUT2D eigenvalue weighted by Crippen LogP contribution is -2.23. The van der Waals surface area contributed by atoms with Gasteiger partial charge in [0.15, 0.2) is 0 Å². The molecule has 28 heavy (non-hydrogen) atoms. The minimum Gasteiger partial charge on any atom is -0.467 e. The van der Waals surface area contributed by atoms with E-state index in [0.717, 1.165) is 16.9 Å². The Balaban J connectivity index is 1.47. The average molecular weight is 377 g/mol. The summed E-state index contributed by atoms with van der Waals surface area (Å²) in [5.74, 6) is 0.375. The summed E-state index contributed by atoms with van der Waals surface area (Å²) in [6.07, 6.45) is 1.57. The molecule has 3 aromatic rings. The Hall–Kier alpha value is -3.54. The minimum atomic E-state index is -0.185. The van der Waals surface area contributed by atoms with Crippen molar-refractivity contribution in [2.75, 3.05) is 17.2 Å². The number of carbonyl (C=O) groups is 2. The van der Waals surface area contributed by atoms with Crippen LogP contribution in [0.3, 0.4) is 0 Å². The molecule has 6 nitrogen and oxygen atoms in total. The van der Waals surface area contributed by atoms with Gasteiger partial charge in [-0.3, -0.25) is 9.59 Å². The first kappa shape index (κ1) is 19.2. The molecule has 6 heteroatoms. The van der Waals surface area contributed by atoms with Crippen molar-refractivity contribution in [2.45, 2.75) is 20.4 Å². The van der Waals surface area contributed by atoms with Gasteiger partial charge in [0.25, 0.3) is 5.91 Å². The van der Waals surface area contributed by atoms with Crippen LogP contribution in [-0.2, 0) is 11.3 Å². The summed E-state index contributed by atoms with van der Waals surface area (Å²) in [5.41, 5.74) is 4.39. The van der Waals surface area contributed by atoms with Crippen LogP contribution >= 0.6 is 0 Å². The fourth-order valence-electron chi connectivity index (χ4n) is 2.63. The smallest absolute Gasteiger partial charge is 0.251 e. The lowest BCUT2D eigenvalue weighted by atomic mass is 10.1. The van der Waals surface area contributed by atoms with E-state index in [-0.39, 0.29) is 18.4 Å². The van der Waals surface area contributed by atoms with E-state index in [4.69, 9.17) is 4.42 Å². The molecule has 1 aromatic heterocycles. The second-order valence-corrected chi connectivity index (χ2v) is 6.54. The SMILES string of the molecule is Cc1ccc(NC(=O)CNc2ccc(C(=O)NCc3ccco3)cc2)cc1C. The van der Waals surface area contributed by atoms with Crippen molar-refractivity contribution >= 4 is 23.2 Å². The van der Waals surface area contributed by atoms with Crippen molar-refractivity contribution in [3.63, 3.8) is 0 Å². The second-order valence-electron chi connectivity index (χ2n) is 6.54. The molecule has 0 bridgehead atoms. The van der Waals surface area contributed by atoms with Crippen LogP contribution < -0.4 is 16.0 Å². The number of nitrogens with one attached hydrogen (secondary N) is 3. The van der Waals surface area contributed by atoms with Crippen LogP contribution in [0.4, 0.5) is 11.4 Å². The number of carbonyl (C=O) groups excluding carboxylic acids is 2. The minimum absolute atomic E-state index is 0.136. The molecule has 2 amide bonds. The number of amides is 2. The van der Waals surface area contributed by atoms with Gasteiger partial charge in [0.2, 0.25) is 5.91 Å². The highest BCUT2D eigenvalue weighted by molar-refractivity contribution is 5.95. The Morgan fingerprint density at radius 1 is 0.929 bits per heavy atom. The quantitative estimate of drug-likeness (QED) is 0.583. The lowest BCUT2D eigenvalue weighted by molar-refractivity contribution is -0.114. The third-order valence-corrected chi connectivity index (χ3v) is 4.39. The topological polar surface area (TPSA) is 83.4 Å². The summed E-state index contributed by atoms with van der Waals surface area (Å²) in [7, 11) is 0. The monoisotopic (exact) mass is 377 g/mol. The van der Waals surface area contributed by atoms with Crippen molar-refractivity contribution in [1.82, 2.24) is 5.32 Å². The van der Waals surface area contributed by atoms with Gasteiger partial charge in [-0.2, -0.15) is 0 Å². The number of hydrogen-bond acceptors (Lipinski definition) is 4. The number of benzene rings is 2. The van der Waals surface area contributed by atoms with Gasteiger partial charge in [-0.25, -0.2) is 0 Å². The first-order chi connectivity index (χ1) is 13.5. The van der Waals surface area contributed by atoms with Crippen molar-refractivity contribution in [3.05, 3.63) is 83.3 Å². The van der Waals surface area contributed by atoms with Gasteiger partial charge in [0, 0.05) is 16.9 Å². The van der Waals surface area contributed by atoms with E-state index in [2.05, 4.69) is 16.0 Å². The van der Waals surface area contributed by atoms with Gasteiger partial charge in [0.1, 0.15) is 5.76 Å². The summed E-state index contributed by atoms with van der Waals surface area (Å²) >= 11 is 0. The van der Waals surface area contributed by atoms with Crippen LogP contribution in [-0.4, -0.2) is 18.4 Å². The molecular weight excluding hydrogens is 354 g/mol. The van der Waals surface area contributed by atoms with Crippen LogP contribution in [0.5, 0.6) is 0 Å². The molecule has 0 saturated heterocycles. The largest absolute Gasteiger partial charge is 0.467 e. The van der Waals surface area contributed by atoms with Crippen LogP contribution in [0.15, 0.2) is 65.3 Å². The molecule has 0 unspecified atom stereocenters. The number of hydrogen-bond donors (Lipinski definition) is 3. The third-order valence-electron chi connectivity index (χ3n) is 4.39. The van der Waals surface area contributed by atoms with Gasteiger partial charge in [0.05, 0.1) is 19.4 Å². The summed E-state index contributed by atoms with van der Waals surface area (Å²) in [4.78, 5) is 24.2. The fraction of sp³-hybridized carbons (Fsp3) is 0.182. The van der Waals surface area contributed by atoms with E-state index >= 15 is 0 Å². The highest BCUT2D eigenvalue weighted by Gasteiger charge is 2.07. The second kappa shape index (κ2) is 8.90. The van der Waals surface area contributed by atoms with Gasteiger partial charge in [-0.15, -0.1) is 0 Å². The van der Waals surface area contributed by atoms with Gasteiger partial charge in [-0.1, -0.05) is 6.07 Å². The predicted octanol–water partition coefficient (Wildman–Crippen LogP) is 3.88. The van der Waals surface area contributed by atoms with Gasteiger partial charge >= 0.3 is 0 Å². The first-order valence-corrected chi connectivity index (χ1v) is 9.03. The van der Waals surface area contributed by atoms with E-state index < -0.39 is 0 Å². The molecular formula is C22H23N3O3. The summed E-state index contributed by atoms with van der Waals surface area (Å²) in [6, 6.07) is 16.3. The van der Waals surface area contributed by atoms with E-state index in [1.165, 1.54) is 5.56 Å². The zero-order chi connectivity index (χ0) is 19.9. The molecule has 144 valence electrons. The Labute approximate surface area is 164 Å². The van der Waals surface area contributed by atoms with Crippen LogP contribution in [0, 0.1) is 13.8 Å². The summed E-state index contributed by atoms with van der Waals surface area (Å²) in [5, 5.41) is 8.71. The molecule has 0 radical (unpaired) electrons. The van der Waals surface area contributed by atoms with Gasteiger partial charge < -0.3 is 20.4 Å². The number of anilines is 2. The van der Waals surface area contributed by atoms with E-state index in [1.807, 2.05) is 32.0 Å². The number of rotatable bonds is 7. The lowest BCUT2D eigenvalue weighted by Gasteiger charge is -2.10. The molecule has 2 aromatic carbocycles. The van der Waals surface area contributed by atoms with Gasteiger partial charge in [-0.05, 0) is 73.5 Å². The average Bonchev–Trinajstić information content (AvgIpc) is 3.21. The maximum atomic E-state index is 12.1. The predicted molar refractivity (Wildman–Crippen MR) is 109 cm³/mol. The summed E-state index contributed by atoms with van der Waals surface area (Å²) < 4.78 is 5.19. The zero-order valence-corrected chi connectivity index (χ0v) is 15.9. The highest BCUT2D eigenvalue weighted by atomic mass is 16.3. The Morgan fingerprint density at radius 3 is 2.36 bits per heavy atom. The molecule has 0 fully saturated rings. The molecule has 0 atom stereocenters. The summed E-state index contributed by atoms with van der Waals surface area (Å²) in [6.45, 7) is 4.51. The van der Waals surface area contributed by atoms with E-state index in [9.17, 15) is 9.59 Å². The molecule has 0 aliphatic heterocycles. The maximum absolute atomic E-state index is 12.1. The van der Waals surface area contributed by atoms with Crippen LogP contribution in [0.25, 0.3) is 0 Å². The number of aryl methyl sites for hydroxylation is 2. The normalized spacial score (nSPS) is 10.4. The molecule has 1 heterocycles. The van der Waals surface area contributed by atoms with E-state index in [0.29, 0.717) is 17.9 Å². The van der Waals surface area contributed by atoms with Crippen molar-refractivity contribution < 1.29 is 14.0 Å². The molecule has 0 spiro atoms. The van der Waals surface area contributed by atoms with Crippen molar-refractivity contribution in [3.8, 4) is 0 Å². The molecule has 3 rings (SSSR count). The Bertz CT molecular complexity index is 948. The zero-order valence-electron chi connectivity index (χ0n) is 15.9. The Morgan fingerprint density at radius 2 is 1.68 bits per heavy atom. The first-order valence-electron chi connectivity index (χ1n) is 9.03. The fourth-order valence-corrected chi connectivity index (χ4v) is 2.63. The standard InChI is InChI=1S/C22H23N3O3/c1-15-5-8-19(12-16(15)2)25-21(26)14-23-18-9-6-17(7-10-18)22(27)24-13-20-4-3-11-28-20/h3-12,23H,13-14H2,1-2H3,(H,24,27)(H,25,26). The van der Waals surface area contributed by atoms with Crippen LogP contribution in [0.2, 0.25) is 0 Å². The van der Waals surface area contributed by atoms with Crippen molar-refractivity contribution in [2.24, 2.45) is 0 Å².